The van der Waals surface area contributed by atoms with Gasteiger partial charge in [-0.05, 0) is 46.6 Å². The fourth-order valence-electron chi connectivity index (χ4n) is 1.59. The summed E-state index contributed by atoms with van der Waals surface area (Å²) in [6, 6.07) is 9.95. The Kier molecular flexibility index (Phi) is 4.20. The fraction of sp³-hybridized carbons (Fsp3) is 0.231. The highest BCUT2D eigenvalue weighted by Crippen LogP contribution is 2.29. The Morgan fingerprint density at radius 3 is 2.59 bits per heavy atom. The summed E-state index contributed by atoms with van der Waals surface area (Å²) in [7, 11) is 0. The van der Waals surface area contributed by atoms with Gasteiger partial charge in [-0.25, -0.2) is 0 Å². The molecule has 0 radical (unpaired) electrons. The van der Waals surface area contributed by atoms with Crippen LogP contribution < -0.4 is 10.5 Å². The molecule has 2 rings (SSSR count). The SMILES string of the molecule is CCOc1ccc(C(N)c2cc(Br)cs2)cc1. The maximum atomic E-state index is 6.20. The van der Waals surface area contributed by atoms with Gasteiger partial charge in [0.25, 0.3) is 0 Å². The molecule has 1 atom stereocenters. The van der Waals surface area contributed by atoms with Crippen molar-refractivity contribution < 1.29 is 4.74 Å². The third-order valence-electron chi connectivity index (χ3n) is 2.44. The van der Waals surface area contributed by atoms with Crippen LogP contribution in [0, 0.1) is 0 Å². The van der Waals surface area contributed by atoms with Crippen LogP contribution in [0.4, 0.5) is 0 Å². The Labute approximate surface area is 114 Å². The first-order valence-corrected chi connectivity index (χ1v) is 7.10. The molecule has 1 aromatic carbocycles. The molecule has 0 amide bonds. The Morgan fingerprint density at radius 1 is 1.35 bits per heavy atom. The van der Waals surface area contributed by atoms with E-state index in [2.05, 4.69) is 22.0 Å². The molecule has 0 saturated carbocycles. The van der Waals surface area contributed by atoms with E-state index in [0.717, 1.165) is 20.7 Å². The molecule has 2 nitrogen and oxygen atoms in total. The second-order valence-electron chi connectivity index (χ2n) is 3.65. The molecule has 0 saturated heterocycles. The monoisotopic (exact) mass is 311 g/mol. The zero-order valence-electron chi connectivity index (χ0n) is 9.52. The molecule has 0 bridgehead atoms. The van der Waals surface area contributed by atoms with Crippen molar-refractivity contribution >= 4 is 27.3 Å². The molecule has 4 heteroatoms. The lowest BCUT2D eigenvalue weighted by molar-refractivity contribution is 0.340. The summed E-state index contributed by atoms with van der Waals surface area (Å²) < 4.78 is 6.49. The van der Waals surface area contributed by atoms with Gasteiger partial charge in [-0.15, -0.1) is 11.3 Å². The van der Waals surface area contributed by atoms with Crippen LogP contribution >= 0.6 is 27.3 Å². The minimum absolute atomic E-state index is 0.0676. The third kappa shape index (κ3) is 3.09. The largest absolute Gasteiger partial charge is 0.494 e. The number of halogens is 1. The van der Waals surface area contributed by atoms with E-state index in [4.69, 9.17) is 10.5 Å². The highest BCUT2D eigenvalue weighted by Gasteiger charge is 2.11. The molecule has 0 aliphatic carbocycles. The van der Waals surface area contributed by atoms with Gasteiger partial charge in [0, 0.05) is 14.7 Å². The first-order chi connectivity index (χ1) is 8.20. The van der Waals surface area contributed by atoms with Crippen LogP contribution in [0.15, 0.2) is 40.2 Å². The molecule has 1 unspecified atom stereocenters. The van der Waals surface area contributed by atoms with Crippen molar-refractivity contribution in [1.82, 2.24) is 0 Å². The van der Waals surface area contributed by atoms with Crippen molar-refractivity contribution in [2.75, 3.05) is 6.61 Å². The highest BCUT2D eigenvalue weighted by molar-refractivity contribution is 9.10. The predicted molar refractivity (Wildman–Crippen MR) is 75.7 cm³/mol. The van der Waals surface area contributed by atoms with Gasteiger partial charge in [0.2, 0.25) is 0 Å². The number of nitrogens with two attached hydrogens (primary N) is 1. The Morgan fingerprint density at radius 2 is 2.06 bits per heavy atom. The Balaban J connectivity index is 2.16. The second kappa shape index (κ2) is 5.67. The molecule has 0 aliphatic rings. The van der Waals surface area contributed by atoms with Crippen molar-refractivity contribution in [3.63, 3.8) is 0 Å². The zero-order valence-corrected chi connectivity index (χ0v) is 11.9. The molecule has 2 N–H and O–H groups in total. The van der Waals surface area contributed by atoms with Gasteiger partial charge >= 0.3 is 0 Å². The van der Waals surface area contributed by atoms with Crippen molar-refractivity contribution in [3.05, 3.63) is 50.6 Å². The van der Waals surface area contributed by atoms with E-state index in [0.29, 0.717) is 6.61 Å². The number of rotatable bonds is 4. The molecule has 0 aliphatic heterocycles. The van der Waals surface area contributed by atoms with Gasteiger partial charge in [0.15, 0.2) is 0 Å². The molecular weight excluding hydrogens is 298 g/mol. The summed E-state index contributed by atoms with van der Waals surface area (Å²) in [4.78, 5) is 1.15. The van der Waals surface area contributed by atoms with Crippen LogP contribution in [-0.2, 0) is 0 Å². The summed E-state index contributed by atoms with van der Waals surface area (Å²) in [5.41, 5.74) is 7.30. The van der Waals surface area contributed by atoms with Crippen molar-refractivity contribution in [2.24, 2.45) is 5.73 Å². The summed E-state index contributed by atoms with van der Waals surface area (Å²) in [6.07, 6.45) is 0. The Bertz CT molecular complexity index is 480. The molecule has 0 spiro atoms. The molecule has 1 aromatic heterocycles. The fourth-order valence-corrected chi connectivity index (χ4v) is 3.07. The van der Waals surface area contributed by atoms with Gasteiger partial charge in [-0.3, -0.25) is 0 Å². The zero-order chi connectivity index (χ0) is 12.3. The molecule has 17 heavy (non-hydrogen) atoms. The summed E-state index contributed by atoms with van der Waals surface area (Å²) in [5, 5.41) is 2.05. The smallest absolute Gasteiger partial charge is 0.119 e. The third-order valence-corrected chi connectivity index (χ3v) is 4.22. The lowest BCUT2D eigenvalue weighted by Gasteiger charge is -2.11. The van der Waals surface area contributed by atoms with Gasteiger partial charge < -0.3 is 10.5 Å². The first-order valence-electron chi connectivity index (χ1n) is 5.43. The van der Waals surface area contributed by atoms with Crippen molar-refractivity contribution in [3.8, 4) is 5.75 Å². The quantitative estimate of drug-likeness (QED) is 0.927. The van der Waals surface area contributed by atoms with Gasteiger partial charge in [-0.1, -0.05) is 12.1 Å². The first kappa shape index (κ1) is 12.6. The second-order valence-corrected chi connectivity index (χ2v) is 5.51. The maximum absolute atomic E-state index is 6.20. The van der Waals surface area contributed by atoms with Gasteiger partial charge in [-0.2, -0.15) is 0 Å². The number of ether oxygens (including phenoxy) is 1. The average Bonchev–Trinajstić information content (AvgIpc) is 2.76. The topological polar surface area (TPSA) is 35.2 Å². The van der Waals surface area contributed by atoms with Crippen LogP contribution in [0.5, 0.6) is 5.75 Å². The highest BCUT2D eigenvalue weighted by atomic mass is 79.9. The number of hydrogen-bond donors (Lipinski definition) is 1. The number of thiophene rings is 1. The maximum Gasteiger partial charge on any atom is 0.119 e. The van der Waals surface area contributed by atoms with E-state index in [9.17, 15) is 0 Å². The summed E-state index contributed by atoms with van der Waals surface area (Å²) in [5.74, 6) is 0.885. The van der Waals surface area contributed by atoms with Crippen LogP contribution in [0.3, 0.4) is 0 Å². The molecule has 90 valence electrons. The lowest BCUT2D eigenvalue weighted by atomic mass is 10.1. The predicted octanol–water partition coefficient (Wildman–Crippen LogP) is 3.96. The minimum Gasteiger partial charge on any atom is -0.494 e. The van der Waals surface area contributed by atoms with Crippen LogP contribution in [-0.4, -0.2) is 6.61 Å². The van der Waals surface area contributed by atoms with E-state index in [1.54, 1.807) is 11.3 Å². The van der Waals surface area contributed by atoms with Gasteiger partial charge in [0.05, 0.1) is 12.6 Å². The summed E-state index contributed by atoms with van der Waals surface area (Å²) >= 11 is 5.10. The standard InChI is InChI=1S/C13H14BrNOS/c1-2-16-11-5-3-9(4-6-11)13(15)12-7-10(14)8-17-12/h3-8,13H,2,15H2,1H3. The normalized spacial score (nSPS) is 12.4. The molecule has 2 aromatic rings. The lowest BCUT2D eigenvalue weighted by Crippen LogP contribution is -2.09. The summed E-state index contributed by atoms with van der Waals surface area (Å²) in [6.45, 7) is 2.66. The number of benzene rings is 1. The van der Waals surface area contributed by atoms with Crippen LogP contribution in [0.1, 0.15) is 23.4 Å². The van der Waals surface area contributed by atoms with Crippen molar-refractivity contribution in [1.29, 1.82) is 0 Å². The molecular formula is C13H14BrNOS. The Hall–Kier alpha value is -0.840. The van der Waals surface area contributed by atoms with E-state index in [1.807, 2.05) is 36.6 Å². The van der Waals surface area contributed by atoms with E-state index in [1.165, 1.54) is 0 Å². The van der Waals surface area contributed by atoms with Crippen LogP contribution in [0.25, 0.3) is 0 Å². The van der Waals surface area contributed by atoms with E-state index >= 15 is 0 Å². The molecule has 0 fully saturated rings. The average molecular weight is 312 g/mol. The van der Waals surface area contributed by atoms with Gasteiger partial charge in [0.1, 0.15) is 5.75 Å². The number of hydrogen-bond acceptors (Lipinski definition) is 3. The molecule has 1 heterocycles. The minimum atomic E-state index is -0.0676. The van der Waals surface area contributed by atoms with Crippen molar-refractivity contribution in [2.45, 2.75) is 13.0 Å². The van der Waals surface area contributed by atoms with E-state index < -0.39 is 0 Å². The van der Waals surface area contributed by atoms with Crippen LogP contribution in [0.2, 0.25) is 0 Å². The van der Waals surface area contributed by atoms with E-state index in [-0.39, 0.29) is 6.04 Å².